The molecule has 0 aliphatic carbocycles. The molecule has 0 radical (unpaired) electrons. The van der Waals surface area contributed by atoms with Crippen molar-refractivity contribution in [2.75, 3.05) is 0 Å². The van der Waals surface area contributed by atoms with Gasteiger partial charge in [-0.15, -0.1) is 0 Å². The lowest BCUT2D eigenvalue weighted by Gasteiger charge is -2.09. The van der Waals surface area contributed by atoms with E-state index in [1.807, 2.05) is 0 Å². The van der Waals surface area contributed by atoms with E-state index >= 15 is 0 Å². The maximum Gasteiger partial charge on any atom is -0.0213 e. The molecule has 14 heavy (non-hydrogen) atoms. The van der Waals surface area contributed by atoms with Crippen LogP contribution in [0.15, 0.2) is 30.3 Å². The molecule has 0 saturated carbocycles. The van der Waals surface area contributed by atoms with Crippen LogP contribution in [0.3, 0.4) is 0 Å². The molecule has 0 N–H and O–H groups in total. The highest BCUT2D eigenvalue weighted by molar-refractivity contribution is 5.54. The van der Waals surface area contributed by atoms with Gasteiger partial charge in [-0.3, -0.25) is 0 Å². The first kappa shape index (κ1) is 11.0. The largest absolute Gasteiger partial charge is 0.0814 e. The molecular weight excluding hydrogens is 168 g/mol. The standard InChI is InChI=1S/C14H20/c1-11(2)9-10-13-7-5-6-8-14(13)12(3)4/h5-12H,1-4H3/b10-9-. The first-order chi connectivity index (χ1) is 6.61. The van der Waals surface area contributed by atoms with E-state index in [2.05, 4.69) is 64.1 Å². The SMILES string of the molecule is CC(C)/C=C\c1ccccc1C(C)C. The van der Waals surface area contributed by atoms with Crippen molar-refractivity contribution in [3.05, 3.63) is 41.5 Å². The molecule has 1 rings (SSSR count). The molecule has 0 aromatic heterocycles. The fourth-order valence-corrected chi connectivity index (χ4v) is 1.48. The average Bonchev–Trinajstić information content (AvgIpc) is 2.15. The van der Waals surface area contributed by atoms with Crippen molar-refractivity contribution in [3.8, 4) is 0 Å². The Morgan fingerprint density at radius 1 is 1.00 bits per heavy atom. The van der Waals surface area contributed by atoms with Crippen LogP contribution in [0.2, 0.25) is 0 Å². The van der Waals surface area contributed by atoms with E-state index < -0.39 is 0 Å². The van der Waals surface area contributed by atoms with Gasteiger partial charge in [0.15, 0.2) is 0 Å². The Morgan fingerprint density at radius 2 is 1.64 bits per heavy atom. The normalized spacial score (nSPS) is 11.9. The van der Waals surface area contributed by atoms with Crippen LogP contribution in [0, 0.1) is 5.92 Å². The topological polar surface area (TPSA) is 0 Å². The predicted octanol–water partition coefficient (Wildman–Crippen LogP) is 4.48. The average molecular weight is 188 g/mol. The van der Waals surface area contributed by atoms with E-state index in [0.717, 1.165) is 0 Å². The first-order valence-corrected chi connectivity index (χ1v) is 5.38. The Kier molecular flexibility index (Phi) is 3.94. The zero-order valence-electron chi connectivity index (χ0n) is 9.62. The molecule has 1 aromatic rings. The van der Waals surface area contributed by atoms with Gasteiger partial charge in [-0.2, -0.15) is 0 Å². The third-order valence-electron chi connectivity index (χ3n) is 2.28. The monoisotopic (exact) mass is 188 g/mol. The van der Waals surface area contributed by atoms with Crippen LogP contribution >= 0.6 is 0 Å². The highest BCUT2D eigenvalue weighted by Crippen LogP contribution is 2.20. The second kappa shape index (κ2) is 4.99. The van der Waals surface area contributed by atoms with E-state index in [9.17, 15) is 0 Å². The fourth-order valence-electron chi connectivity index (χ4n) is 1.48. The minimum atomic E-state index is 0.600. The van der Waals surface area contributed by atoms with Gasteiger partial charge in [0.1, 0.15) is 0 Å². The van der Waals surface area contributed by atoms with E-state index in [1.165, 1.54) is 11.1 Å². The molecular formula is C14H20. The smallest absolute Gasteiger partial charge is 0.0213 e. The van der Waals surface area contributed by atoms with Gasteiger partial charge in [-0.25, -0.2) is 0 Å². The molecule has 0 aliphatic rings. The lowest BCUT2D eigenvalue weighted by atomic mass is 9.96. The van der Waals surface area contributed by atoms with Gasteiger partial charge >= 0.3 is 0 Å². The zero-order valence-corrected chi connectivity index (χ0v) is 9.62. The van der Waals surface area contributed by atoms with Crippen molar-refractivity contribution >= 4 is 6.08 Å². The van der Waals surface area contributed by atoms with Crippen molar-refractivity contribution in [2.24, 2.45) is 5.92 Å². The van der Waals surface area contributed by atoms with Crippen LogP contribution in [0.5, 0.6) is 0 Å². The number of rotatable bonds is 3. The third-order valence-corrected chi connectivity index (χ3v) is 2.28. The number of allylic oxidation sites excluding steroid dienone is 1. The lowest BCUT2D eigenvalue weighted by molar-refractivity contribution is 0.834. The van der Waals surface area contributed by atoms with Crippen molar-refractivity contribution in [1.29, 1.82) is 0 Å². The van der Waals surface area contributed by atoms with Crippen LogP contribution in [-0.4, -0.2) is 0 Å². The molecule has 0 heterocycles. The quantitative estimate of drug-likeness (QED) is 0.656. The molecule has 0 heteroatoms. The van der Waals surface area contributed by atoms with Crippen molar-refractivity contribution in [2.45, 2.75) is 33.6 Å². The second-order valence-electron chi connectivity index (χ2n) is 4.39. The van der Waals surface area contributed by atoms with E-state index in [1.54, 1.807) is 0 Å². The molecule has 0 unspecified atom stereocenters. The number of hydrogen-bond donors (Lipinski definition) is 0. The molecule has 0 amide bonds. The minimum absolute atomic E-state index is 0.600. The van der Waals surface area contributed by atoms with E-state index in [0.29, 0.717) is 11.8 Å². The zero-order chi connectivity index (χ0) is 10.6. The summed E-state index contributed by atoms with van der Waals surface area (Å²) in [6.07, 6.45) is 4.49. The predicted molar refractivity (Wildman–Crippen MR) is 64.4 cm³/mol. The summed E-state index contributed by atoms with van der Waals surface area (Å²) in [6.45, 7) is 8.88. The summed E-state index contributed by atoms with van der Waals surface area (Å²) in [4.78, 5) is 0. The highest BCUT2D eigenvalue weighted by Gasteiger charge is 2.02. The summed E-state index contributed by atoms with van der Waals surface area (Å²) in [5.74, 6) is 1.22. The van der Waals surface area contributed by atoms with Gasteiger partial charge in [0.25, 0.3) is 0 Å². The summed E-state index contributed by atoms with van der Waals surface area (Å²) in [7, 11) is 0. The number of hydrogen-bond acceptors (Lipinski definition) is 0. The Labute approximate surface area is 87.7 Å². The molecule has 0 bridgehead atoms. The van der Waals surface area contributed by atoms with Crippen molar-refractivity contribution in [1.82, 2.24) is 0 Å². The molecule has 1 aromatic carbocycles. The third kappa shape index (κ3) is 3.02. The fraction of sp³-hybridized carbons (Fsp3) is 0.429. The molecule has 0 aliphatic heterocycles. The van der Waals surface area contributed by atoms with Gasteiger partial charge in [-0.05, 0) is 23.0 Å². The maximum absolute atomic E-state index is 2.25. The van der Waals surface area contributed by atoms with Gasteiger partial charge in [-0.1, -0.05) is 64.1 Å². The molecule has 0 saturated heterocycles. The summed E-state index contributed by atoms with van der Waals surface area (Å²) >= 11 is 0. The van der Waals surface area contributed by atoms with Crippen LogP contribution in [0.25, 0.3) is 6.08 Å². The molecule has 0 nitrogen and oxygen atoms in total. The lowest BCUT2D eigenvalue weighted by Crippen LogP contribution is -1.91. The molecule has 0 fully saturated rings. The summed E-state index contributed by atoms with van der Waals surface area (Å²) < 4.78 is 0. The minimum Gasteiger partial charge on any atom is -0.0814 e. The van der Waals surface area contributed by atoms with Crippen LogP contribution < -0.4 is 0 Å². The maximum atomic E-state index is 2.25. The number of benzene rings is 1. The van der Waals surface area contributed by atoms with Crippen LogP contribution in [-0.2, 0) is 0 Å². The Bertz CT molecular complexity index is 306. The second-order valence-corrected chi connectivity index (χ2v) is 4.39. The van der Waals surface area contributed by atoms with Gasteiger partial charge in [0, 0.05) is 0 Å². The van der Waals surface area contributed by atoms with Crippen molar-refractivity contribution < 1.29 is 0 Å². The van der Waals surface area contributed by atoms with E-state index in [-0.39, 0.29) is 0 Å². The van der Waals surface area contributed by atoms with Crippen molar-refractivity contribution in [3.63, 3.8) is 0 Å². The van der Waals surface area contributed by atoms with Gasteiger partial charge < -0.3 is 0 Å². The van der Waals surface area contributed by atoms with Gasteiger partial charge in [0.2, 0.25) is 0 Å². The molecule has 0 atom stereocenters. The molecule has 0 spiro atoms. The summed E-state index contributed by atoms with van der Waals surface area (Å²) in [6, 6.07) is 8.62. The molecule has 76 valence electrons. The Morgan fingerprint density at radius 3 is 2.21 bits per heavy atom. The van der Waals surface area contributed by atoms with Crippen LogP contribution in [0.4, 0.5) is 0 Å². The Balaban J connectivity index is 2.96. The van der Waals surface area contributed by atoms with Gasteiger partial charge in [0.05, 0.1) is 0 Å². The highest BCUT2D eigenvalue weighted by atomic mass is 14.1. The van der Waals surface area contributed by atoms with Crippen LogP contribution in [0.1, 0.15) is 44.7 Å². The first-order valence-electron chi connectivity index (χ1n) is 5.38. The Hall–Kier alpha value is -1.04. The summed E-state index contributed by atoms with van der Waals surface area (Å²) in [5.41, 5.74) is 2.79. The summed E-state index contributed by atoms with van der Waals surface area (Å²) in [5, 5.41) is 0. The van der Waals surface area contributed by atoms with E-state index in [4.69, 9.17) is 0 Å².